The van der Waals surface area contributed by atoms with E-state index in [1.807, 2.05) is 0 Å². The summed E-state index contributed by atoms with van der Waals surface area (Å²) in [7, 11) is 0. The third-order valence-corrected chi connectivity index (χ3v) is 2.93. The molecule has 0 N–H and O–H groups in total. The highest BCUT2D eigenvalue weighted by Crippen LogP contribution is 2.31. The lowest BCUT2D eigenvalue weighted by molar-refractivity contribution is -0.318. The molecular formula is C14H20O3. The summed E-state index contributed by atoms with van der Waals surface area (Å²) in [4.78, 5) is 0. The maximum Gasteiger partial charge on any atom is 0.412 e. The van der Waals surface area contributed by atoms with E-state index in [0.717, 1.165) is 50.0 Å². The second-order valence-electron chi connectivity index (χ2n) is 4.48. The smallest absolute Gasteiger partial charge is 0.412 e. The van der Waals surface area contributed by atoms with Gasteiger partial charge in [-0.2, -0.15) is 0 Å². The lowest BCUT2D eigenvalue weighted by atomic mass is 10.3. The molecule has 17 heavy (non-hydrogen) atoms. The second kappa shape index (κ2) is 5.30. The van der Waals surface area contributed by atoms with Crippen LogP contribution in [-0.4, -0.2) is 5.97 Å². The van der Waals surface area contributed by atoms with Gasteiger partial charge < -0.3 is 14.2 Å². The maximum absolute atomic E-state index is 5.81. The molecule has 0 saturated carbocycles. The molecule has 3 nitrogen and oxygen atoms in total. The average Bonchev–Trinajstić information content (AvgIpc) is 2.91. The first-order valence-electron chi connectivity index (χ1n) is 6.27. The zero-order valence-electron chi connectivity index (χ0n) is 10.4. The molecule has 94 valence electrons. The summed E-state index contributed by atoms with van der Waals surface area (Å²) < 4.78 is 17.0. The Kier molecular flexibility index (Phi) is 3.77. The van der Waals surface area contributed by atoms with Gasteiger partial charge in [-0.1, -0.05) is 6.58 Å². The van der Waals surface area contributed by atoms with Crippen LogP contribution in [0.25, 0.3) is 0 Å². The van der Waals surface area contributed by atoms with Gasteiger partial charge in [-0.3, -0.25) is 0 Å². The van der Waals surface area contributed by atoms with Crippen LogP contribution in [0.1, 0.15) is 45.4 Å². The summed E-state index contributed by atoms with van der Waals surface area (Å²) in [5.74, 6) is 0.828. The van der Waals surface area contributed by atoms with Crippen molar-refractivity contribution in [2.24, 2.45) is 0 Å². The van der Waals surface area contributed by atoms with Crippen molar-refractivity contribution >= 4 is 0 Å². The molecule has 2 rings (SSSR count). The maximum atomic E-state index is 5.81. The molecule has 0 fully saturated rings. The minimum absolute atomic E-state index is 0.952. The number of allylic oxidation sites excluding steroid dienone is 4. The minimum atomic E-state index is -1.08. The van der Waals surface area contributed by atoms with E-state index in [1.54, 1.807) is 6.92 Å². The zero-order valence-corrected chi connectivity index (χ0v) is 10.4. The first kappa shape index (κ1) is 12.1. The highest BCUT2D eigenvalue weighted by molar-refractivity contribution is 5.02. The number of ether oxygens (including phenoxy) is 3. The molecule has 0 saturated heterocycles. The van der Waals surface area contributed by atoms with Crippen LogP contribution in [0.3, 0.4) is 0 Å². The van der Waals surface area contributed by atoms with Crippen LogP contribution in [0.2, 0.25) is 0 Å². The topological polar surface area (TPSA) is 27.7 Å². The van der Waals surface area contributed by atoms with Crippen molar-refractivity contribution in [3.63, 3.8) is 0 Å². The van der Waals surface area contributed by atoms with Crippen LogP contribution >= 0.6 is 0 Å². The molecule has 0 amide bonds. The Morgan fingerprint density at radius 3 is 2.00 bits per heavy atom. The van der Waals surface area contributed by atoms with Gasteiger partial charge in [0.1, 0.15) is 11.5 Å². The Hall–Kier alpha value is -1.38. The molecule has 3 heteroatoms. The van der Waals surface area contributed by atoms with E-state index in [-0.39, 0.29) is 0 Å². The first-order chi connectivity index (χ1) is 8.22. The standard InChI is InChI=1S/C14H20O3/c1-3-15-14(2,16-12-8-4-5-9-12)17-13-10-6-7-11-13/h3,8,10H,1,4-7,9,11H2,2H3. The van der Waals surface area contributed by atoms with Gasteiger partial charge >= 0.3 is 5.97 Å². The molecule has 0 radical (unpaired) electrons. The summed E-state index contributed by atoms with van der Waals surface area (Å²) in [5.41, 5.74) is 0. The lowest BCUT2D eigenvalue weighted by Gasteiger charge is -2.30. The molecular weight excluding hydrogens is 216 g/mol. The van der Waals surface area contributed by atoms with Gasteiger partial charge in [0.25, 0.3) is 0 Å². The molecule has 0 bridgehead atoms. The van der Waals surface area contributed by atoms with Crippen molar-refractivity contribution in [1.82, 2.24) is 0 Å². The Bertz CT molecular complexity index is 315. The van der Waals surface area contributed by atoms with Gasteiger partial charge in [0.15, 0.2) is 0 Å². The van der Waals surface area contributed by atoms with Crippen LogP contribution in [0.5, 0.6) is 0 Å². The Balaban J connectivity index is 1.99. The van der Waals surface area contributed by atoms with E-state index < -0.39 is 5.97 Å². The van der Waals surface area contributed by atoms with Gasteiger partial charge in [0.2, 0.25) is 0 Å². The van der Waals surface area contributed by atoms with E-state index in [9.17, 15) is 0 Å². The highest BCUT2D eigenvalue weighted by atomic mass is 16.9. The summed E-state index contributed by atoms with van der Waals surface area (Å²) in [5, 5.41) is 0. The molecule has 0 atom stereocenters. The van der Waals surface area contributed by atoms with E-state index in [4.69, 9.17) is 14.2 Å². The molecule has 0 aromatic carbocycles. The Labute approximate surface area is 103 Å². The van der Waals surface area contributed by atoms with Crippen molar-refractivity contribution in [3.05, 3.63) is 36.5 Å². The average molecular weight is 236 g/mol. The molecule has 0 aromatic heterocycles. The minimum Gasteiger partial charge on any atom is -0.429 e. The fraction of sp³-hybridized carbons (Fsp3) is 0.571. The fourth-order valence-corrected chi connectivity index (χ4v) is 2.16. The molecule has 0 spiro atoms. The SMILES string of the molecule is C=COC(C)(OC1=CCCC1)OC1=CCCC1. The van der Waals surface area contributed by atoms with Crippen LogP contribution in [-0.2, 0) is 14.2 Å². The van der Waals surface area contributed by atoms with Crippen LogP contribution in [0.4, 0.5) is 0 Å². The highest BCUT2D eigenvalue weighted by Gasteiger charge is 2.33. The summed E-state index contributed by atoms with van der Waals surface area (Å²) >= 11 is 0. The van der Waals surface area contributed by atoms with E-state index in [0.29, 0.717) is 0 Å². The summed E-state index contributed by atoms with van der Waals surface area (Å²) in [6, 6.07) is 0. The van der Waals surface area contributed by atoms with Crippen molar-refractivity contribution in [2.75, 3.05) is 0 Å². The van der Waals surface area contributed by atoms with Gasteiger partial charge in [0.05, 0.1) is 13.2 Å². The number of hydrogen-bond donors (Lipinski definition) is 0. The summed E-state index contributed by atoms with van der Waals surface area (Å²) in [6.45, 7) is 5.36. The van der Waals surface area contributed by atoms with Crippen LogP contribution in [0.15, 0.2) is 36.5 Å². The molecule has 0 unspecified atom stereocenters. The van der Waals surface area contributed by atoms with Gasteiger partial charge in [-0.15, -0.1) is 0 Å². The second-order valence-corrected chi connectivity index (χ2v) is 4.48. The van der Waals surface area contributed by atoms with Gasteiger partial charge in [-0.05, 0) is 37.8 Å². The van der Waals surface area contributed by atoms with Crippen LogP contribution in [0, 0.1) is 0 Å². The monoisotopic (exact) mass is 236 g/mol. The molecule has 0 aromatic rings. The van der Waals surface area contributed by atoms with Crippen LogP contribution < -0.4 is 0 Å². The predicted molar refractivity (Wildman–Crippen MR) is 65.7 cm³/mol. The third kappa shape index (κ3) is 3.29. The van der Waals surface area contributed by atoms with Crippen molar-refractivity contribution in [2.45, 2.75) is 51.4 Å². The van der Waals surface area contributed by atoms with Gasteiger partial charge in [0, 0.05) is 12.8 Å². The van der Waals surface area contributed by atoms with E-state index in [1.165, 1.54) is 6.26 Å². The predicted octanol–water partition coefficient (Wildman–Crippen LogP) is 3.99. The number of rotatable bonds is 6. The van der Waals surface area contributed by atoms with Crippen molar-refractivity contribution in [3.8, 4) is 0 Å². The number of hydrogen-bond acceptors (Lipinski definition) is 3. The lowest BCUT2D eigenvalue weighted by Crippen LogP contribution is -2.33. The molecule has 0 heterocycles. The third-order valence-electron chi connectivity index (χ3n) is 2.93. The molecule has 0 aliphatic heterocycles. The van der Waals surface area contributed by atoms with Crippen molar-refractivity contribution < 1.29 is 14.2 Å². The Morgan fingerprint density at radius 2 is 1.65 bits per heavy atom. The van der Waals surface area contributed by atoms with E-state index >= 15 is 0 Å². The van der Waals surface area contributed by atoms with E-state index in [2.05, 4.69) is 18.7 Å². The Morgan fingerprint density at radius 1 is 1.12 bits per heavy atom. The zero-order chi connectivity index (χ0) is 12.1. The fourth-order valence-electron chi connectivity index (χ4n) is 2.16. The molecule has 2 aliphatic carbocycles. The molecule has 2 aliphatic rings. The van der Waals surface area contributed by atoms with Gasteiger partial charge in [-0.25, -0.2) is 0 Å². The normalized spacial score (nSPS) is 19.6. The first-order valence-corrected chi connectivity index (χ1v) is 6.27. The quantitative estimate of drug-likeness (QED) is 0.515. The largest absolute Gasteiger partial charge is 0.429 e. The summed E-state index contributed by atoms with van der Waals surface area (Å²) in [6.07, 6.45) is 11.9. The van der Waals surface area contributed by atoms with Crippen molar-refractivity contribution in [1.29, 1.82) is 0 Å².